The van der Waals surface area contributed by atoms with Crippen molar-refractivity contribution in [1.82, 2.24) is 0 Å². The van der Waals surface area contributed by atoms with Crippen LogP contribution in [0.15, 0.2) is 0 Å². The van der Waals surface area contributed by atoms with Crippen LogP contribution in [0.1, 0.15) is 0 Å². The molecule has 45 heteroatoms. The van der Waals surface area contributed by atoms with Gasteiger partial charge in [-0.3, -0.25) is 4.57 Å². The minimum absolute atomic E-state index is 2.13. The van der Waals surface area contributed by atoms with Gasteiger partial charge in [0.05, 0.1) is 0 Å². The van der Waals surface area contributed by atoms with E-state index in [4.69, 9.17) is 0 Å². The summed E-state index contributed by atoms with van der Waals surface area (Å²) in [4.78, 5) is 11.3. The average molecular weight is 1130 g/mol. The molecule has 67 heavy (non-hydrogen) atoms. The second-order valence-electron chi connectivity index (χ2n) is 12.3. The minimum Gasteiger partial charge on any atom is -0.756 e. The van der Waals surface area contributed by atoms with Crippen molar-refractivity contribution in [3.63, 3.8) is 0 Å². The molecule has 0 fully saturated rings. The molecule has 0 aromatic carbocycles. The molecule has 0 rings (SSSR count). The molecule has 0 radical (unpaired) electrons. The third-order valence-electron chi connectivity index (χ3n) is 7.84. The fourth-order valence-corrected chi connectivity index (χ4v) is 4.38. The third-order valence-corrected chi connectivity index (χ3v) is 8.73. The van der Waals surface area contributed by atoms with E-state index in [2.05, 4.69) is 9.05 Å². The van der Waals surface area contributed by atoms with E-state index in [1.807, 2.05) is 0 Å². The Kier molecular flexibility index (Phi) is 16.0. The molecule has 0 amide bonds. The Bertz CT molecular complexity index is 1670. The average Bonchev–Trinajstić information content (AvgIpc) is 3.11. The molecule has 0 atom stereocenters. The summed E-state index contributed by atoms with van der Waals surface area (Å²) in [6.07, 6.45) is -12.9. The molecule has 0 bridgehead atoms. The molecule has 0 saturated heterocycles. The standard InChI is InChI=1S/C22H7F40O4P/c23-3(24)7(31,32)11(39,40)15(47,48)19(55,56)21(59,60)17(51,52)13(43,44)9(35,36)5(27,28)1-65-67(63,64)66-2-6(29,30)10(37,38)14(45,46)18(53,54)22(61,62)20(57,58)16(49,50)12(41,42)8(33,34)4(25)26/h3-4H,1-2H2,(H,63,64)/p-1. The smallest absolute Gasteiger partial charge is 0.385 e. The number of alkyl halides is 40. The Balaban J connectivity index is 6.95. The zero-order valence-electron chi connectivity index (χ0n) is 28.8. The number of rotatable bonds is 24. The highest BCUT2D eigenvalue weighted by atomic mass is 31.2. The summed E-state index contributed by atoms with van der Waals surface area (Å²) in [5.74, 6) is -164. The molecule has 0 aromatic rings. The highest BCUT2D eigenvalue weighted by Crippen LogP contribution is 2.68. The minimum atomic E-state index is -9.68. The fraction of sp³-hybridized carbons (Fsp3) is 1.00. The highest BCUT2D eigenvalue weighted by molar-refractivity contribution is 7.45. The number of hydrogen-bond acceptors (Lipinski definition) is 4. The van der Waals surface area contributed by atoms with Crippen molar-refractivity contribution in [2.75, 3.05) is 13.2 Å². The molecule has 0 saturated carbocycles. The number of phosphoric ester groups is 1. The van der Waals surface area contributed by atoms with Crippen LogP contribution >= 0.6 is 7.82 Å². The summed E-state index contributed by atoms with van der Waals surface area (Å²) in [5.41, 5.74) is 0. The summed E-state index contributed by atoms with van der Waals surface area (Å²) < 4.78 is 554. The van der Waals surface area contributed by atoms with Crippen LogP contribution in [0, 0.1) is 0 Å². The molecule has 0 aliphatic rings. The van der Waals surface area contributed by atoms with Crippen molar-refractivity contribution in [3.8, 4) is 0 Å². The van der Waals surface area contributed by atoms with Crippen LogP contribution in [0.4, 0.5) is 176 Å². The molecule has 404 valence electrons. The van der Waals surface area contributed by atoms with Crippen molar-refractivity contribution in [2.45, 2.75) is 119 Å². The van der Waals surface area contributed by atoms with Crippen LogP contribution in [0.25, 0.3) is 0 Å². The van der Waals surface area contributed by atoms with E-state index in [0.29, 0.717) is 0 Å². The van der Waals surface area contributed by atoms with E-state index in [1.165, 1.54) is 0 Å². The SMILES string of the molecule is O=P([O-])(OCC(F)(F)C(F)(F)C(F)(F)C(F)(F)C(F)(F)C(F)(F)C(F)(F)C(F)(F)C(F)(F)C(F)F)OCC(F)(F)C(F)(F)C(F)(F)C(F)(F)C(F)(F)C(F)(F)C(F)(F)C(F)(F)C(F)(F)C(F)F. The van der Waals surface area contributed by atoms with Gasteiger partial charge < -0.3 is 13.9 Å². The molecule has 0 aromatic heterocycles. The van der Waals surface area contributed by atoms with Gasteiger partial charge >= 0.3 is 119 Å². The van der Waals surface area contributed by atoms with E-state index in [0.717, 1.165) is 0 Å². The monoisotopic (exact) mass is 1120 g/mol. The maximum atomic E-state index is 13.9. The largest absolute Gasteiger partial charge is 0.756 e. The van der Waals surface area contributed by atoms with Gasteiger partial charge in [0.15, 0.2) is 0 Å². The Labute approximate surface area is 336 Å². The van der Waals surface area contributed by atoms with Crippen LogP contribution in [0.2, 0.25) is 0 Å². The summed E-state index contributed by atoms with van der Waals surface area (Å²) in [6, 6.07) is 0. The molecule has 0 aliphatic carbocycles. The molecule has 0 heterocycles. The zero-order chi connectivity index (χ0) is 55.5. The van der Waals surface area contributed by atoms with Gasteiger partial charge in [-0.2, -0.15) is 158 Å². The second kappa shape index (κ2) is 16.7. The first-order chi connectivity index (χ1) is 28.3. The van der Waals surface area contributed by atoms with Gasteiger partial charge in [-0.25, -0.2) is 17.6 Å². The van der Waals surface area contributed by atoms with Gasteiger partial charge in [-0.15, -0.1) is 0 Å². The Morgan fingerprint density at radius 2 is 0.418 bits per heavy atom. The summed E-state index contributed by atoms with van der Waals surface area (Å²) >= 11 is 0. The van der Waals surface area contributed by atoms with Crippen molar-refractivity contribution in [3.05, 3.63) is 0 Å². The topological polar surface area (TPSA) is 58.6 Å². The van der Waals surface area contributed by atoms with Gasteiger partial charge in [0.25, 0.3) is 7.82 Å². The Morgan fingerprint density at radius 1 is 0.284 bits per heavy atom. The first-order valence-electron chi connectivity index (χ1n) is 14.3. The normalized spacial score (nSPS) is 17.0. The lowest BCUT2D eigenvalue weighted by Crippen LogP contribution is -2.76. The maximum Gasteiger partial charge on any atom is 0.385 e. The lowest BCUT2D eigenvalue weighted by molar-refractivity contribution is -0.466. The molecule has 0 N–H and O–H groups in total. The third kappa shape index (κ3) is 8.50. The first kappa shape index (κ1) is 64.3. The first-order valence-corrected chi connectivity index (χ1v) is 15.7. The molecule has 0 aliphatic heterocycles. The van der Waals surface area contributed by atoms with Gasteiger partial charge in [0.1, 0.15) is 13.2 Å². The molecule has 4 nitrogen and oxygen atoms in total. The second-order valence-corrected chi connectivity index (χ2v) is 13.7. The number of phosphoric acid groups is 1. The van der Waals surface area contributed by atoms with Crippen LogP contribution in [0.3, 0.4) is 0 Å². The lowest BCUT2D eigenvalue weighted by Gasteiger charge is -2.44. The van der Waals surface area contributed by atoms with E-state index >= 15 is 0 Å². The quantitative estimate of drug-likeness (QED) is 0.0714. The van der Waals surface area contributed by atoms with E-state index < -0.39 is 140 Å². The number of halogens is 40. The maximum absolute atomic E-state index is 13.9. The van der Waals surface area contributed by atoms with E-state index in [9.17, 15) is 185 Å². The number of hydrogen-bond donors (Lipinski definition) is 0. The van der Waals surface area contributed by atoms with Crippen molar-refractivity contribution in [2.24, 2.45) is 0 Å². The molecular weight excluding hydrogens is 1120 g/mol. The van der Waals surface area contributed by atoms with E-state index in [-0.39, 0.29) is 0 Å². The van der Waals surface area contributed by atoms with Crippen molar-refractivity contribution in [1.29, 1.82) is 0 Å². The lowest BCUT2D eigenvalue weighted by atomic mass is 9.86. The summed E-state index contributed by atoms with van der Waals surface area (Å²) in [5, 5.41) is 0. The molecular formula is C22H6F40O4P-. The van der Waals surface area contributed by atoms with Crippen LogP contribution in [0.5, 0.6) is 0 Å². The molecule has 0 unspecified atom stereocenters. The van der Waals surface area contributed by atoms with E-state index in [1.54, 1.807) is 0 Å². The highest BCUT2D eigenvalue weighted by Gasteiger charge is 2.99. The predicted molar refractivity (Wildman–Crippen MR) is 121 cm³/mol. The van der Waals surface area contributed by atoms with Crippen molar-refractivity contribution < 1.29 is 194 Å². The predicted octanol–water partition coefficient (Wildman–Crippen LogP) is 12.5. The van der Waals surface area contributed by atoms with Gasteiger partial charge in [0, 0.05) is 0 Å². The Morgan fingerprint density at radius 3 is 0.567 bits per heavy atom. The van der Waals surface area contributed by atoms with Crippen LogP contribution < -0.4 is 4.89 Å². The van der Waals surface area contributed by atoms with Gasteiger partial charge in [0.2, 0.25) is 0 Å². The zero-order valence-corrected chi connectivity index (χ0v) is 29.7. The van der Waals surface area contributed by atoms with Crippen LogP contribution in [-0.2, 0) is 13.6 Å². The van der Waals surface area contributed by atoms with Crippen molar-refractivity contribution >= 4 is 7.82 Å². The summed E-state index contributed by atoms with van der Waals surface area (Å²) in [6.45, 7) is -9.74. The van der Waals surface area contributed by atoms with Gasteiger partial charge in [-0.05, 0) is 0 Å². The Hall–Kier alpha value is -2.69. The molecule has 0 spiro atoms. The fourth-order valence-electron chi connectivity index (χ4n) is 3.66. The van der Waals surface area contributed by atoms with Gasteiger partial charge in [-0.1, -0.05) is 0 Å². The summed E-state index contributed by atoms with van der Waals surface area (Å²) in [7, 11) is -8.37. The van der Waals surface area contributed by atoms with Crippen LogP contribution in [-0.4, -0.2) is 133 Å².